The Bertz CT molecular complexity index is 334. The molecule has 2 rings (SSSR count). The van der Waals surface area contributed by atoms with Gasteiger partial charge < -0.3 is 10.1 Å². The second-order valence-electron chi connectivity index (χ2n) is 3.84. The monoisotopic (exact) mass is 178 g/mol. The zero-order chi connectivity index (χ0) is 9.47. The van der Waals surface area contributed by atoms with Crippen molar-refractivity contribution in [3.8, 4) is 5.88 Å². The van der Waals surface area contributed by atoms with Gasteiger partial charge in [-0.2, -0.15) is 0 Å². The van der Waals surface area contributed by atoms with Crippen LogP contribution in [0.2, 0.25) is 0 Å². The first-order valence-corrected chi connectivity index (χ1v) is 4.43. The van der Waals surface area contributed by atoms with Crippen LogP contribution in [0, 0.1) is 0 Å². The molecule has 0 aromatic carbocycles. The maximum atomic E-state index is 5.09. The van der Waals surface area contributed by atoms with Crippen LogP contribution in [0.25, 0.3) is 0 Å². The van der Waals surface area contributed by atoms with Crippen LogP contribution in [0.4, 0.5) is 0 Å². The van der Waals surface area contributed by atoms with E-state index in [2.05, 4.69) is 30.2 Å². The van der Waals surface area contributed by atoms with Crippen LogP contribution in [-0.2, 0) is 12.1 Å². The third-order valence-electron chi connectivity index (χ3n) is 2.48. The largest absolute Gasteiger partial charge is 0.481 e. The standard InChI is InChI=1S/C10H14N2O/c1-10(2)9-7(6-11-10)4-5-8(12-9)13-3/h4-5,11H,6H2,1-3H3. The molecule has 1 N–H and O–H groups in total. The van der Waals surface area contributed by atoms with Gasteiger partial charge in [-0.25, -0.2) is 4.98 Å². The number of nitrogens with zero attached hydrogens (tertiary/aromatic N) is 1. The fourth-order valence-corrected chi connectivity index (χ4v) is 1.67. The Hall–Kier alpha value is -1.09. The first-order valence-electron chi connectivity index (χ1n) is 4.43. The molecule has 0 saturated heterocycles. The molecule has 0 unspecified atom stereocenters. The van der Waals surface area contributed by atoms with E-state index < -0.39 is 0 Å². The number of fused-ring (bicyclic) bond motifs is 1. The highest BCUT2D eigenvalue weighted by Gasteiger charge is 2.30. The average molecular weight is 178 g/mol. The van der Waals surface area contributed by atoms with Crippen molar-refractivity contribution in [3.05, 3.63) is 23.4 Å². The second-order valence-corrected chi connectivity index (χ2v) is 3.84. The summed E-state index contributed by atoms with van der Waals surface area (Å²) in [4.78, 5) is 4.44. The molecule has 0 fully saturated rings. The lowest BCUT2D eigenvalue weighted by Gasteiger charge is -2.18. The number of hydrogen-bond donors (Lipinski definition) is 1. The molecule has 1 aromatic heterocycles. The summed E-state index contributed by atoms with van der Waals surface area (Å²) in [5.41, 5.74) is 2.35. The molecule has 0 aliphatic carbocycles. The molecular weight excluding hydrogens is 164 g/mol. The van der Waals surface area contributed by atoms with E-state index in [-0.39, 0.29) is 5.54 Å². The lowest BCUT2D eigenvalue weighted by atomic mass is 10.0. The minimum absolute atomic E-state index is 0.0239. The molecule has 0 radical (unpaired) electrons. The number of aromatic nitrogens is 1. The molecule has 3 nitrogen and oxygen atoms in total. The molecule has 2 heterocycles. The molecule has 1 aliphatic heterocycles. The zero-order valence-corrected chi connectivity index (χ0v) is 8.22. The van der Waals surface area contributed by atoms with Crippen LogP contribution in [-0.4, -0.2) is 12.1 Å². The van der Waals surface area contributed by atoms with Crippen LogP contribution in [0.15, 0.2) is 12.1 Å². The van der Waals surface area contributed by atoms with Crippen LogP contribution in [0.3, 0.4) is 0 Å². The molecular formula is C10H14N2O. The van der Waals surface area contributed by atoms with Crippen LogP contribution in [0.5, 0.6) is 5.88 Å². The number of nitrogens with one attached hydrogen (secondary N) is 1. The molecule has 70 valence electrons. The lowest BCUT2D eigenvalue weighted by molar-refractivity contribution is 0.385. The smallest absolute Gasteiger partial charge is 0.213 e. The summed E-state index contributed by atoms with van der Waals surface area (Å²) in [5.74, 6) is 0.690. The van der Waals surface area contributed by atoms with E-state index in [0.29, 0.717) is 5.88 Å². The average Bonchev–Trinajstić information content (AvgIpc) is 2.42. The molecule has 0 spiro atoms. The Morgan fingerprint density at radius 3 is 2.92 bits per heavy atom. The SMILES string of the molecule is COc1ccc2c(n1)C(C)(C)NC2. The highest BCUT2D eigenvalue weighted by Crippen LogP contribution is 2.29. The van der Waals surface area contributed by atoms with Crippen LogP contribution in [0.1, 0.15) is 25.1 Å². The number of hydrogen-bond acceptors (Lipinski definition) is 3. The highest BCUT2D eigenvalue weighted by atomic mass is 16.5. The highest BCUT2D eigenvalue weighted by molar-refractivity contribution is 5.34. The summed E-state index contributed by atoms with van der Waals surface area (Å²) in [6, 6.07) is 3.98. The predicted octanol–water partition coefficient (Wildman–Crippen LogP) is 1.43. The summed E-state index contributed by atoms with van der Waals surface area (Å²) in [6.07, 6.45) is 0. The van der Waals surface area contributed by atoms with Gasteiger partial charge in [0, 0.05) is 12.6 Å². The molecule has 3 heteroatoms. The Morgan fingerprint density at radius 2 is 2.23 bits per heavy atom. The van der Waals surface area contributed by atoms with Crippen molar-refractivity contribution >= 4 is 0 Å². The van der Waals surface area contributed by atoms with Gasteiger partial charge in [-0.05, 0) is 19.4 Å². The van der Waals surface area contributed by atoms with Gasteiger partial charge in [-0.3, -0.25) is 0 Å². The van der Waals surface area contributed by atoms with Crippen molar-refractivity contribution in [3.63, 3.8) is 0 Å². The van der Waals surface area contributed by atoms with Gasteiger partial charge in [0.1, 0.15) is 0 Å². The van der Waals surface area contributed by atoms with E-state index in [1.165, 1.54) is 5.56 Å². The molecule has 0 saturated carbocycles. The first-order chi connectivity index (χ1) is 6.13. The van der Waals surface area contributed by atoms with E-state index in [4.69, 9.17) is 4.74 Å². The third-order valence-corrected chi connectivity index (χ3v) is 2.48. The second kappa shape index (κ2) is 2.70. The minimum Gasteiger partial charge on any atom is -0.481 e. The first kappa shape index (κ1) is 8.51. The topological polar surface area (TPSA) is 34.1 Å². The Balaban J connectivity index is 2.50. The van der Waals surface area contributed by atoms with Crippen LogP contribution < -0.4 is 10.1 Å². The predicted molar refractivity (Wildman–Crippen MR) is 50.7 cm³/mol. The Labute approximate surface area is 78.1 Å². The minimum atomic E-state index is -0.0239. The molecule has 1 aliphatic rings. The van der Waals surface area contributed by atoms with E-state index in [9.17, 15) is 0 Å². The maximum Gasteiger partial charge on any atom is 0.213 e. The van der Waals surface area contributed by atoms with Gasteiger partial charge in [0.2, 0.25) is 5.88 Å². The van der Waals surface area contributed by atoms with E-state index >= 15 is 0 Å². The third kappa shape index (κ3) is 1.29. The van der Waals surface area contributed by atoms with Gasteiger partial charge in [-0.15, -0.1) is 0 Å². The van der Waals surface area contributed by atoms with E-state index in [1.807, 2.05) is 6.07 Å². The summed E-state index contributed by atoms with van der Waals surface area (Å²) < 4.78 is 5.09. The number of pyridine rings is 1. The molecule has 1 aromatic rings. The molecule has 0 atom stereocenters. The quantitative estimate of drug-likeness (QED) is 0.706. The van der Waals surface area contributed by atoms with Gasteiger partial charge in [0.05, 0.1) is 18.3 Å². The van der Waals surface area contributed by atoms with Crippen molar-refractivity contribution in [2.45, 2.75) is 25.9 Å². The number of rotatable bonds is 1. The molecule has 13 heavy (non-hydrogen) atoms. The van der Waals surface area contributed by atoms with Gasteiger partial charge in [0.25, 0.3) is 0 Å². The summed E-state index contributed by atoms with van der Waals surface area (Å²) in [7, 11) is 1.64. The lowest BCUT2D eigenvalue weighted by Crippen LogP contribution is -2.29. The number of ether oxygens (including phenoxy) is 1. The van der Waals surface area contributed by atoms with E-state index in [1.54, 1.807) is 7.11 Å². The van der Waals surface area contributed by atoms with Gasteiger partial charge >= 0.3 is 0 Å². The van der Waals surface area contributed by atoms with Crippen molar-refractivity contribution in [1.82, 2.24) is 10.3 Å². The maximum absolute atomic E-state index is 5.09. The van der Waals surface area contributed by atoms with Gasteiger partial charge in [0.15, 0.2) is 0 Å². The van der Waals surface area contributed by atoms with Crippen LogP contribution >= 0.6 is 0 Å². The number of methoxy groups -OCH3 is 1. The fourth-order valence-electron chi connectivity index (χ4n) is 1.67. The van der Waals surface area contributed by atoms with Crippen molar-refractivity contribution < 1.29 is 4.74 Å². The molecule has 0 bridgehead atoms. The zero-order valence-electron chi connectivity index (χ0n) is 8.22. The fraction of sp³-hybridized carbons (Fsp3) is 0.500. The van der Waals surface area contributed by atoms with Crippen molar-refractivity contribution in [1.29, 1.82) is 0 Å². The van der Waals surface area contributed by atoms with Crippen molar-refractivity contribution in [2.24, 2.45) is 0 Å². The van der Waals surface area contributed by atoms with E-state index in [0.717, 1.165) is 12.2 Å². The summed E-state index contributed by atoms with van der Waals surface area (Å²) in [6.45, 7) is 5.16. The Kier molecular flexibility index (Phi) is 1.77. The summed E-state index contributed by atoms with van der Waals surface area (Å²) >= 11 is 0. The molecule has 0 amide bonds. The summed E-state index contributed by atoms with van der Waals surface area (Å²) in [5, 5.41) is 3.39. The normalized spacial score (nSPS) is 18.4. The van der Waals surface area contributed by atoms with Gasteiger partial charge in [-0.1, -0.05) is 6.07 Å². The Morgan fingerprint density at radius 1 is 1.46 bits per heavy atom. The van der Waals surface area contributed by atoms with Crippen molar-refractivity contribution in [2.75, 3.05) is 7.11 Å².